The van der Waals surface area contributed by atoms with E-state index in [9.17, 15) is 17.9 Å². The van der Waals surface area contributed by atoms with E-state index in [0.29, 0.717) is 35.8 Å². The summed E-state index contributed by atoms with van der Waals surface area (Å²) in [6.07, 6.45) is 1.58. The number of aromatic hydroxyl groups is 1. The summed E-state index contributed by atoms with van der Waals surface area (Å²) in [4.78, 5) is 6.43. The number of nitrogens with two attached hydrogens (primary N) is 1. The average molecular weight is 465 g/mol. The van der Waals surface area contributed by atoms with Crippen molar-refractivity contribution in [3.63, 3.8) is 0 Å². The van der Waals surface area contributed by atoms with Crippen LogP contribution >= 0.6 is 0 Å². The van der Waals surface area contributed by atoms with Gasteiger partial charge >= 0.3 is 0 Å². The van der Waals surface area contributed by atoms with Crippen molar-refractivity contribution in [3.05, 3.63) is 41.7 Å². The van der Waals surface area contributed by atoms with Crippen molar-refractivity contribution in [2.24, 2.45) is 5.14 Å². The summed E-state index contributed by atoms with van der Waals surface area (Å²) in [7, 11) is -3.81. The molecule has 9 nitrogen and oxygen atoms in total. The van der Waals surface area contributed by atoms with Crippen molar-refractivity contribution in [3.8, 4) is 11.5 Å². The van der Waals surface area contributed by atoms with E-state index >= 15 is 0 Å². The summed E-state index contributed by atoms with van der Waals surface area (Å²) in [5.41, 5.74) is 1.34. The molecular formula is C21H25FN4O5S. The minimum absolute atomic E-state index is 0.0212. The van der Waals surface area contributed by atoms with Crippen molar-refractivity contribution in [1.82, 2.24) is 9.88 Å². The van der Waals surface area contributed by atoms with Crippen LogP contribution in [-0.2, 0) is 16.6 Å². The Morgan fingerprint density at radius 1 is 1.31 bits per heavy atom. The topological polar surface area (TPSA) is 131 Å². The number of oxazole rings is 1. The van der Waals surface area contributed by atoms with E-state index in [2.05, 4.69) is 15.2 Å². The zero-order chi connectivity index (χ0) is 22.9. The molecule has 0 unspecified atom stereocenters. The van der Waals surface area contributed by atoms with Gasteiger partial charge in [0.2, 0.25) is 10.0 Å². The van der Waals surface area contributed by atoms with E-state index in [-0.39, 0.29) is 22.4 Å². The second-order valence-electron chi connectivity index (χ2n) is 7.73. The number of ether oxygens (including phenoxy) is 1. The van der Waals surface area contributed by atoms with Crippen molar-refractivity contribution >= 4 is 27.1 Å². The molecule has 0 aliphatic carbocycles. The molecule has 1 aromatic heterocycles. The second kappa shape index (κ2) is 8.93. The highest BCUT2D eigenvalue weighted by Gasteiger charge is 2.22. The molecule has 0 amide bonds. The summed E-state index contributed by atoms with van der Waals surface area (Å²) in [6.45, 7) is 4.07. The molecule has 1 saturated heterocycles. The third kappa shape index (κ3) is 4.95. The summed E-state index contributed by atoms with van der Waals surface area (Å²) in [6, 6.07) is 7.35. The number of nitrogens with one attached hydrogen (secondary N) is 1. The third-order valence-electron chi connectivity index (χ3n) is 5.42. The molecule has 32 heavy (non-hydrogen) atoms. The molecule has 0 saturated carbocycles. The number of hydrogen-bond acceptors (Lipinski definition) is 8. The van der Waals surface area contributed by atoms with Crippen molar-refractivity contribution < 1.29 is 27.1 Å². The molecule has 3 aromatic rings. The van der Waals surface area contributed by atoms with E-state index in [4.69, 9.17) is 14.3 Å². The molecule has 0 bridgehead atoms. The predicted molar refractivity (Wildman–Crippen MR) is 117 cm³/mol. The van der Waals surface area contributed by atoms with Crippen LogP contribution in [0.3, 0.4) is 0 Å². The molecule has 0 atom stereocenters. The lowest BCUT2D eigenvalue weighted by Crippen LogP contribution is -2.38. The first-order valence-corrected chi connectivity index (χ1v) is 11.8. The van der Waals surface area contributed by atoms with Crippen LogP contribution in [0.25, 0.3) is 11.1 Å². The van der Waals surface area contributed by atoms with Crippen LogP contribution in [0.2, 0.25) is 0 Å². The first-order chi connectivity index (χ1) is 15.2. The minimum Gasteiger partial charge on any atom is -0.504 e. The van der Waals surface area contributed by atoms with E-state index in [1.807, 2.05) is 0 Å². The third-order valence-corrected chi connectivity index (χ3v) is 6.34. The SMILES string of the molecule is CCOc1cc(CN2CCC(Nc3nc4cc(S(N)(=O)=O)ccc4o3)CC2)c(F)cc1O. The summed E-state index contributed by atoms with van der Waals surface area (Å²) < 4.78 is 48.3. The number of anilines is 1. The molecule has 11 heteroatoms. The smallest absolute Gasteiger partial charge is 0.295 e. The van der Waals surface area contributed by atoms with Gasteiger partial charge in [-0.15, -0.1) is 0 Å². The van der Waals surface area contributed by atoms with Gasteiger partial charge < -0.3 is 19.6 Å². The Kier molecular flexibility index (Phi) is 6.22. The van der Waals surface area contributed by atoms with Crippen molar-refractivity contribution in [2.75, 3.05) is 25.0 Å². The largest absolute Gasteiger partial charge is 0.504 e. The van der Waals surface area contributed by atoms with Gasteiger partial charge in [-0.25, -0.2) is 17.9 Å². The lowest BCUT2D eigenvalue weighted by atomic mass is 10.0. The fraction of sp³-hybridized carbons (Fsp3) is 0.381. The normalized spacial score (nSPS) is 15.8. The molecule has 0 spiro atoms. The van der Waals surface area contributed by atoms with Crippen LogP contribution in [0.1, 0.15) is 25.3 Å². The highest BCUT2D eigenvalue weighted by molar-refractivity contribution is 7.89. The van der Waals surface area contributed by atoms with Crippen LogP contribution in [0.5, 0.6) is 11.5 Å². The number of nitrogens with zero attached hydrogens (tertiary/aromatic N) is 2. The standard InChI is InChI=1S/C21H25FN4O5S/c1-2-30-20-9-13(16(22)11-18(20)27)12-26-7-5-14(6-8-26)24-21-25-17-10-15(32(23,28)29)3-4-19(17)31-21/h3-4,9-11,14,27H,2,5-8,12H2,1H3,(H,24,25)(H2,23,28,29). The first-order valence-electron chi connectivity index (χ1n) is 10.3. The van der Waals surface area contributed by atoms with E-state index < -0.39 is 15.8 Å². The molecule has 1 fully saturated rings. The average Bonchev–Trinajstić information content (AvgIpc) is 3.14. The van der Waals surface area contributed by atoms with Crippen molar-refractivity contribution in [1.29, 1.82) is 0 Å². The molecule has 4 N–H and O–H groups in total. The van der Waals surface area contributed by atoms with Gasteiger partial charge in [0.25, 0.3) is 6.01 Å². The maximum Gasteiger partial charge on any atom is 0.295 e. The van der Waals surface area contributed by atoms with Crippen LogP contribution in [0.4, 0.5) is 10.4 Å². The quantitative estimate of drug-likeness (QED) is 0.487. The van der Waals surface area contributed by atoms with Crippen LogP contribution < -0.4 is 15.2 Å². The number of hydrogen-bond donors (Lipinski definition) is 3. The zero-order valence-electron chi connectivity index (χ0n) is 17.5. The number of halogens is 1. The summed E-state index contributed by atoms with van der Waals surface area (Å²) >= 11 is 0. The van der Waals surface area contributed by atoms with E-state index in [1.54, 1.807) is 13.0 Å². The van der Waals surface area contributed by atoms with Crippen LogP contribution in [0.15, 0.2) is 39.6 Å². The molecule has 4 rings (SSSR count). The number of aromatic nitrogens is 1. The molecule has 1 aliphatic rings. The van der Waals surface area contributed by atoms with E-state index in [0.717, 1.165) is 32.0 Å². The summed E-state index contributed by atoms with van der Waals surface area (Å²) in [5, 5.41) is 18.2. The number of likely N-dealkylation sites (tertiary alicyclic amines) is 1. The predicted octanol–water partition coefficient (Wildman–Crippen LogP) is 2.80. The summed E-state index contributed by atoms with van der Waals surface area (Å²) in [5.74, 6) is -0.385. The van der Waals surface area contributed by atoms with Gasteiger partial charge in [-0.3, -0.25) is 4.90 Å². The Labute approximate surface area is 185 Å². The maximum absolute atomic E-state index is 14.3. The molecule has 1 aliphatic heterocycles. The molecule has 2 heterocycles. The van der Waals surface area contributed by atoms with Gasteiger partial charge in [0.1, 0.15) is 11.3 Å². The molecule has 2 aromatic carbocycles. The van der Waals surface area contributed by atoms with Gasteiger partial charge in [0, 0.05) is 37.3 Å². The number of piperidine rings is 1. The Morgan fingerprint density at radius 3 is 2.75 bits per heavy atom. The number of phenols is 1. The lowest BCUT2D eigenvalue weighted by molar-refractivity contribution is 0.207. The Bertz CT molecular complexity index is 1220. The highest BCUT2D eigenvalue weighted by atomic mass is 32.2. The molecule has 0 radical (unpaired) electrons. The second-order valence-corrected chi connectivity index (χ2v) is 9.29. The van der Waals surface area contributed by atoms with Crippen LogP contribution in [0, 0.1) is 5.82 Å². The van der Waals surface area contributed by atoms with Crippen molar-refractivity contribution in [2.45, 2.75) is 37.2 Å². The minimum atomic E-state index is -3.81. The number of rotatable bonds is 7. The lowest BCUT2D eigenvalue weighted by Gasteiger charge is -2.32. The van der Waals surface area contributed by atoms with Gasteiger partial charge in [-0.2, -0.15) is 4.98 Å². The number of sulfonamides is 1. The number of benzene rings is 2. The zero-order valence-corrected chi connectivity index (χ0v) is 18.4. The van der Waals surface area contributed by atoms with Gasteiger partial charge in [-0.05, 0) is 44.0 Å². The monoisotopic (exact) mass is 464 g/mol. The number of primary sulfonamides is 1. The van der Waals surface area contributed by atoms with E-state index in [1.165, 1.54) is 18.2 Å². The first kappa shape index (κ1) is 22.3. The molecular weight excluding hydrogens is 439 g/mol. The Balaban J connectivity index is 1.37. The molecule has 172 valence electrons. The number of phenolic OH excluding ortho intramolecular Hbond substituents is 1. The van der Waals surface area contributed by atoms with Crippen LogP contribution in [-0.4, -0.2) is 49.1 Å². The van der Waals surface area contributed by atoms with Gasteiger partial charge in [0.15, 0.2) is 17.1 Å². The Hall–Kier alpha value is -2.89. The Morgan fingerprint density at radius 2 is 2.06 bits per heavy atom. The number of fused-ring (bicyclic) bond motifs is 1. The maximum atomic E-state index is 14.3. The van der Waals surface area contributed by atoms with Gasteiger partial charge in [0.05, 0.1) is 11.5 Å². The fourth-order valence-corrected chi connectivity index (χ4v) is 4.31. The highest BCUT2D eigenvalue weighted by Crippen LogP contribution is 2.30. The fourth-order valence-electron chi connectivity index (χ4n) is 3.77. The van der Waals surface area contributed by atoms with Gasteiger partial charge in [-0.1, -0.05) is 0 Å².